The van der Waals surface area contributed by atoms with E-state index in [1.54, 1.807) is 0 Å². The Bertz CT molecular complexity index is 998. The van der Waals surface area contributed by atoms with Gasteiger partial charge >= 0.3 is 0 Å². The molecule has 0 atom stereocenters. The number of ketones is 1. The van der Waals surface area contributed by atoms with Crippen LogP contribution in [0.5, 0.6) is 0 Å². The number of hydrogen-bond acceptors (Lipinski definition) is 4. The van der Waals surface area contributed by atoms with E-state index in [1.165, 1.54) is 11.3 Å². The molecule has 5 heteroatoms. The molecule has 142 valence electrons. The van der Waals surface area contributed by atoms with Crippen LogP contribution in [0.3, 0.4) is 0 Å². The zero-order valence-corrected chi connectivity index (χ0v) is 16.5. The number of aromatic nitrogens is 1. The summed E-state index contributed by atoms with van der Waals surface area (Å²) in [5, 5.41) is 0.605. The van der Waals surface area contributed by atoms with Crippen molar-refractivity contribution in [2.45, 2.75) is 31.1 Å². The summed E-state index contributed by atoms with van der Waals surface area (Å²) >= 11 is 1.48. The van der Waals surface area contributed by atoms with E-state index in [1.807, 2.05) is 47.4 Å². The second-order valence-corrected chi connectivity index (χ2v) is 8.90. The highest BCUT2D eigenvalue weighted by atomic mass is 32.1. The first-order valence-corrected chi connectivity index (χ1v) is 10.7. The second-order valence-electron chi connectivity index (χ2n) is 7.87. The fraction of sp³-hybridized carbons (Fsp3) is 0.348. The summed E-state index contributed by atoms with van der Waals surface area (Å²) in [5.74, 6) is 0.346. The minimum Gasteiger partial charge on any atom is -0.342 e. The maximum Gasteiger partial charge on any atom is 0.233 e. The third-order valence-electron chi connectivity index (χ3n) is 6.14. The fourth-order valence-corrected chi connectivity index (χ4v) is 5.29. The molecule has 0 radical (unpaired) electrons. The number of hydrogen-bond donors (Lipinski definition) is 0. The minimum absolute atomic E-state index is 0.0310. The molecule has 4 nitrogen and oxygen atoms in total. The Balaban J connectivity index is 1.26. The Morgan fingerprint density at radius 2 is 1.64 bits per heavy atom. The van der Waals surface area contributed by atoms with Gasteiger partial charge in [-0.15, -0.1) is 11.3 Å². The molecule has 1 saturated carbocycles. The van der Waals surface area contributed by atoms with E-state index in [0.717, 1.165) is 41.5 Å². The number of amides is 1. The third-order valence-corrected chi connectivity index (χ3v) is 7.19. The molecule has 2 fully saturated rings. The van der Waals surface area contributed by atoms with Gasteiger partial charge < -0.3 is 4.90 Å². The maximum absolute atomic E-state index is 13.2. The molecule has 28 heavy (non-hydrogen) atoms. The van der Waals surface area contributed by atoms with Gasteiger partial charge in [0, 0.05) is 19.0 Å². The number of benzene rings is 2. The highest BCUT2D eigenvalue weighted by molar-refractivity contribution is 7.20. The van der Waals surface area contributed by atoms with Gasteiger partial charge in [0.2, 0.25) is 5.91 Å². The molecule has 0 N–H and O–H groups in total. The van der Waals surface area contributed by atoms with E-state index in [-0.39, 0.29) is 23.0 Å². The number of thiazole rings is 1. The van der Waals surface area contributed by atoms with Gasteiger partial charge in [0.1, 0.15) is 0 Å². The number of piperidine rings is 1. The number of likely N-dealkylation sites (tertiary alicyclic amines) is 1. The van der Waals surface area contributed by atoms with Gasteiger partial charge in [0.15, 0.2) is 10.8 Å². The van der Waals surface area contributed by atoms with Crippen molar-refractivity contribution in [2.24, 2.45) is 5.92 Å². The molecule has 5 rings (SSSR count). The number of carbonyl (C=O) groups is 2. The van der Waals surface area contributed by atoms with Crippen LogP contribution >= 0.6 is 11.3 Å². The molecule has 0 spiro atoms. The van der Waals surface area contributed by atoms with Crippen LogP contribution in [0.4, 0.5) is 0 Å². The molecule has 1 aliphatic carbocycles. The Morgan fingerprint density at radius 1 is 0.964 bits per heavy atom. The molecular weight excluding hydrogens is 368 g/mol. The monoisotopic (exact) mass is 390 g/mol. The molecule has 1 saturated heterocycles. The van der Waals surface area contributed by atoms with Crippen molar-refractivity contribution in [3.05, 3.63) is 65.2 Å². The summed E-state index contributed by atoms with van der Waals surface area (Å²) in [6, 6.07) is 18.0. The van der Waals surface area contributed by atoms with Crippen molar-refractivity contribution in [2.75, 3.05) is 13.1 Å². The van der Waals surface area contributed by atoms with Crippen molar-refractivity contribution in [3.63, 3.8) is 0 Å². The van der Waals surface area contributed by atoms with Gasteiger partial charge in [0.25, 0.3) is 0 Å². The smallest absolute Gasteiger partial charge is 0.233 e. The summed E-state index contributed by atoms with van der Waals surface area (Å²) in [6.45, 7) is 1.32. The normalized spacial score (nSPS) is 18.9. The zero-order chi connectivity index (χ0) is 19.1. The van der Waals surface area contributed by atoms with Crippen LogP contribution in [0.25, 0.3) is 10.2 Å². The summed E-state index contributed by atoms with van der Waals surface area (Å²) in [4.78, 5) is 32.6. The lowest BCUT2D eigenvalue weighted by Gasteiger charge is -2.33. The number of fused-ring (bicyclic) bond motifs is 1. The summed E-state index contributed by atoms with van der Waals surface area (Å²) in [6.07, 6.45) is 3.32. The fourth-order valence-electron chi connectivity index (χ4n) is 4.31. The Kier molecular flexibility index (Phi) is 4.27. The molecule has 3 aromatic rings. The van der Waals surface area contributed by atoms with Crippen molar-refractivity contribution in [3.8, 4) is 0 Å². The number of Topliss-reactive ketones (excluding diaryl/α,β-unsaturated/α-hetero) is 1. The van der Waals surface area contributed by atoms with Crippen molar-refractivity contribution < 1.29 is 9.59 Å². The average Bonchev–Trinajstić information content (AvgIpc) is 3.46. The zero-order valence-electron chi connectivity index (χ0n) is 15.6. The molecule has 2 heterocycles. The van der Waals surface area contributed by atoms with Crippen LogP contribution in [-0.2, 0) is 10.2 Å². The maximum atomic E-state index is 13.2. The first-order valence-electron chi connectivity index (χ1n) is 9.92. The first-order chi connectivity index (χ1) is 13.7. The lowest BCUT2D eigenvalue weighted by atomic mass is 9.89. The van der Waals surface area contributed by atoms with E-state index in [0.29, 0.717) is 18.1 Å². The van der Waals surface area contributed by atoms with Crippen molar-refractivity contribution in [1.82, 2.24) is 9.88 Å². The van der Waals surface area contributed by atoms with Crippen LogP contribution < -0.4 is 0 Å². The van der Waals surface area contributed by atoms with E-state index in [2.05, 4.69) is 17.1 Å². The summed E-state index contributed by atoms with van der Waals surface area (Å²) in [5.41, 5.74) is 1.71. The molecule has 1 aromatic heterocycles. The average molecular weight is 391 g/mol. The van der Waals surface area contributed by atoms with E-state index < -0.39 is 0 Å². The van der Waals surface area contributed by atoms with Crippen LogP contribution in [0.15, 0.2) is 54.6 Å². The first kappa shape index (κ1) is 17.6. The molecule has 0 unspecified atom stereocenters. The Morgan fingerprint density at radius 3 is 2.32 bits per heavy atom. The van der Waals surface area contributed by atoms with Gasteiger partial charge in [-0.3, -0.25) is 9.59 Å². The summed E-state index contributed by atoms with van der Waals surface area (Å²) in [7, 11) is 0. The largest absolute Gasteiger partial charge is 0.342 e. The SMILES string of the molecule is O=C(c1nc2ccccc2s1)C1CCN(C(=O)C2(c3ccccc3)CC2)CC1. The number of nitrogens with zero attached hydrogens (tertiary/aromatic N) is 2. The number of carbonyl (C=O) groups excluding carboxylic acids is 2. The Labute approximate surface area is 168 Å². The quantitative estimate of drug-likeness (QED) is 0.619. The predicted molar refractivity (Wildman–Crippen MR) is 111 cm³/mol. The highest BCUT2D eigenvalue weighted by Gasteiger charge is 2.53. The van der Waals surface area contributed by atoms with Gasteiger partial charge in [-0.1, -0.05) is 42.5 Å². The highest BCUT2D eigenvalue weighted by Crippen LogP contribution is 2.50. The second kappa shape index (κ2) is 6.82. The van der Waals surface area contributed by atoms with Crippen LogP contribution in [0.1, 0.15) is 41.0 Å². The van der Waals surface area contributed by atoms with E-state index in [9.17, 15) is 9.59 Å². The number of rotatable bonds is 4. The molecule has 1 amide bonds. The lowest BCUT2D eigenvalue weighted by molar-refractivity contribution is -0.135. The molecule has 0 bridgehead atoms. The van der Waals surface area contributed by atoms with Crippen LogP contribution in [-0.4, -0.2) is 34.7 Å². The predicted octanol–water partition coefficient (Wildman–Crippen LogP) is 4.45. The van der Waals surface area contributed by atoms with Crippen molar-refractivity contribution in [1.29, 1.82) is 0 Å². The van der Waals surface area contributed by atoms with Crippen molar-refractivity contribution >= 4 is 33.2 Å². The molecule has 2 aromatic carbocycles. The van der Waals surface area contributed by atoms with Gasteiger partial charge in [-0.2, -0.15) is 0 Å². The minimum atomic E-state index is -0.314. The molecular formula is C23H22N2O2S. The van der Waals surface area contributed by atoms with Crippen LogP contribution in [0.2, 0.25) is 0 Å². The lowest BCUT2D eigenvalue weighted by Crippen LogP contribution is -2.45. The van der Waals surface area contributed by atoms with Gasteiger partial charge in [-0.05, 0) is 43.4 Å². The number of para-hydroxylation sites is 1. The van der Waals surface area contributed by atoms with E-state index >= 15 is 0 Å². The van der Waals surface area contributed by atoms with Gasteiger partial charge in [0.05, 0.1) is 15.6 Å². The summed E-state index contributed by atoms with van der Waals surface area (Å²) < 4.78 is 1.05. The third kappa shape index (κ3) is 2.94. The van der Waals surface area contributed by atoms with E-state index in [4.69, 9.17) is 0 Å². The molecule has 1 aliphatic heterocycles. The molecule has 2 aliphatic rings. The van der Waals surface area contributed by atoms with Gasteiger partial charge in [-0.25, -0.2) is 4.98 Å². The standard InChI is InChI=1S/C23H22N2O2S/c26-20(21-24-18-8-4-5-9-19(18)28-21)16-10-14-25(15-11-16)22(27)23(12-13-23)17-6-2-1-3-7-17/h1-9,16H,10-15H2. The Hall–Kier alpha value is -2.53. The topological polar surface area (TPSA) is 50.3 Å². The van der Waals surface area contributed by atoms with Crippen LogP contribution in [0, 0.1) is 5.92 Å².